The van der Waals surface area contributed by atoms with Crippen molar-refractivity contribution in [2.45, 2.75) is 64.1 Å². The van der Waals surface area contributed by atoms with Crippen molar-refractivity contribution in [1.82, 2.24) is 19.5 Å². The van der Waals surface area contributed by atoms with Crippen molar-refractivity contribution < 1.29 is 19.1 Å². The summed E-state index contributed by atoms with van der Waals surface area (Å²) in [7, 11) is 0. The fourth-order valence-corrected chi connectivity index (χ4v) is 4.56. The topological polar surface area (TPSA) is 116 Å². The lowest BCUT2D eigenvalue weighted by Gasteiger charge is -2.21. The number of hydrogen-bond donors (Lipinski definition) is 1. The van der Waals surface area contributed by atoms with Crippen LogP contribution >= 0.6 is 23.4 Å². The second-order valence-corrected chi connectivity index (χ2v) is 10.7. The first-order valence-electron chi connectivity index (χ1n) is 11.7. The van der Waals surface area contributed by atoms with E-state index in [0.717, 1.165) is 12.0 Å². The van der Waals surface area contributed by atoms with E-state index in [1.165, 1.54) is 29.0 Å². The molecule has 2 heterocycles. The standard InChI is InChI=1S/C25H28ClN5O4S/c1-5-15(3)35-18(32)11-36-24-19-22(27-12-28-24)31(13-29-19)20(21(33)25(4)8-9-25)23(34)30-17-10-14(2)6-7-16(17)26/h6-7,10,12-13,15,20H,5,8-9,11H2,1-4H3,(H,30,34). The predicted molar refractivity (Wildman–Crippen MR) is 138 cm³/mol. The molecule has 0 spiro atoms. The quantitative estimate of drug-likeness (QED) is 0.173. The molecule has 9 nitrogen and oxygen atoms in total. The lowest BCUT2D eigenvalue weighted by Crippen LogP contribution is -2.36. The molecule has 1 N–H and O–H groups in total. The summed E-state index contributed by atoms with van der Waals surface area (Å²) in [5.41, 5.74) is 1.49. The molecule has 0 aliphatic heterocycles. The van der Waals surface area contributed by atoms with Crippen LogP contribution in [0.4, 0.5) is 5.69 Å². The molecule has 1 aliphatic carbocycles. The average Bonchev–Trinajstić information content (AvgIpc) is 3.47. The van der Waals surface area contributed by atoms with Crippen LogP contribution in [0.2, 0.25) is 5.02 Å². The Morgan fingerprint density at radius 3 is 2.69 bits per heavy atom. The number of amides is 1. The van der Waals surface area contributed by atoms with Crippen LogP contribution in [0.5, 0.6) is 0 Å². The third-order valence-electron chi connectivity index (χ3n) is 6.31. The van der Waals surface area contributed by atoms with Crippen molar-refractivity contribution >= 4 is 57.9 Å². The van der Waals surface area contributed by atoms with Gasteiger partial charge in [-0.25, -0.2) is 15.0 Å². The van der Waals surface area contributed by atoms with Crippen LogP contribution in [0.3, 0.4) is 0 Å². The van der Waals surface area contributed by atoms with Gasteiger partial charge in [0.15, 0.2) is 17.5 Å². The maximum Gasteiger partial charge on any atom is 0.316 e. The van der Waals surface area contributed by atoms with Crippen molar-refractivity contribution in [3.8, 4) is 0 Å². The van der Waals surface area contributed by atoms with E-state index in [-0.39, 0.29) is 23.6 Å². The van der Waals surface area contributed by atoms with Gasteiger partial charge in [-0.1, -0.05) is 43.3 Å². The number of ketones is 1. The molecule has 0 radical (unpaired) electrons. The zero-order valence-corrected chi connectivity index (χ0v) is 22.2. The summed E-state index contributed by atoms with van der Waals surface area (Å²) in [6.45, 7) is 7.51. The van der Waals surface area contributed by atoms with Crippen LogP contribution in [-0.2, 0) is 19.1 Å². The Balaban J connectivity index is 1.65. The molecule has 0 saturated heterocycles. The van der Waals surface area contributed by atoms with Crippen molar-refractivity contribution in [2.24, 2.45) is 5.41 Å². The van der Waals surface area contributed by atoms with E-state index in [2.05, 4.69) is 20.3 Å². The number of carbonyl (C=O) groups excluding carboxylic acids is 3. The van der Waals surface area contributed by atoms with Gasteiger partial charge >= 0.3 is 5.97 Å². The summed E-state index contributed by atoms with van der Waals surface area (Å²) in [6.07, 6.45) is 4.73. The highest BCUT2D eigenvalue weighted by Gasteiger charge is 2.50. The van der Waals surface area contributed by atoms with E-state index >= 15 is 0 Å². The van der Waals surface area contributed by atoms with Crippen LogP contribution in [0.15, 0.2) is 35.9 Å². The number of benzene rings is 1. The Labute approximate surface area is 218 Å². The SMILES string of the molecule is CCC(C)OC(=O)CSc1ncnc2c1ncn2C(C(=O)Nc1cc(C)ccc1Cl)C(=O)C1(C)CC1. The first kappa shape index (κ1) is 26.1. The predicted octanol–water partition coefficient (Wildman–Crippen LogP) is 4.77. The fourth-order valence-electron chi connectivity index (χ4n) is 3.67. The summed E-state index contributed by atoms with van der Waals surface area (Å²) in [6, 6.07) is 4.09. The molecule has 2 unspecified atom stereocenters. The molecule has 1 fully saturated rings. The average molecular weight is 530 g/mol. The third kappa shape index (κ3) is 5.54. The number of halogens is 1. The molecule has 1 aromatic carbocycles. The van der Waals surface area contributed by atoms with Gasteiger partial charge in [0, 0.05) is 5.41 Å². The molecule has 36 heavy (non-hydrogen) atoms. The normalized spacial score (nSPS) is 15.8. The van der Waals surface area contributed by atoms with Gasteiger partial charge in [0.05, 0.1) is 28.9 Å². The van der Waals surface area contributed by atoms with Gasteiger partial charge in [-0.2, -0.15) is 0 Å². The highest BCUT2D eigenvalue weighted by Crippen LogP contribution is 2.48. The molecule has 3 aromatic rings. The maximum absolute atomic E-state index is 13.5. The number of aryl methyl sites for hydroxylation is 1. The number of nitrogens with one attached hydrogen (secondary N) is 1. The molecule has 2 atom stereocenters. The van der Waals surface area contributed by atoms with Crippen molar-refractivity contribution in [3.05, 3.63) is 41.4 Å². The second-order valence-electron chi connectivity index (χ2n) is 9.30. The molecule has 1 aliphatic rings. The van der Waals surface area contributed by atoms with Crippen LogP contribution < -0.4 is 5.32 Å². The summed E-state index contributed by atoms with van der Waals surface area (Å²) in [4.78, 5) is 52.2. The number of rotatable bonds is 10. The molecule has 4 rings (SSSR count). The summed E-state index contributed by atoms with van der Waals surface area (Å²) < 4.78 is 6.80. The first-order valence-corrected chi connectivity index (χ1v) is 13.1. The number of ether oxygens (including phenoxy) is 1. The minimum atomic E-state index is -1.19. The zero-order chi connectivity index (χ0) is 26.0. The lowest BCUT2D eigenvalue weighted by molar-refractivity contribution is -0.145. The molecule has 190 valence electrons. The molecule has 1 amide bonds. The van der Waals surface area contributed by atoms with E-state index in [1.54, 1.807) is 12.1 Å². The highest BCUT2D eigenvalue weighted by atomic mass is 35.5. The maximum atomic E-state index is 13.5. The number of fused-ring (bicyclic) bond motifs is 1. The Morgan fingerprint density at radius 2 is 2.00 bits per heavy atom. The largest absolute Gasteiger partial charge is 0.462 e. The summed E-state index contributed by atoms with van der Waals surface area (Å²) >= 11 is 7.46. The third-order valence-corrected chi connectivity index (χ3v) is 7.59. The van der Waals surface area contributed by atoms with Gasteiger partial charge in [0.25, 0.3) is 5.91 Å². The number of esters is 1. The molecular weight excluding hydrogens is 502 g/mol. The van der Waals surface area contributed by atoms with Crippen LogP contribution in [0.1, 0.15) is 51.6 Å². The highest BCUT2D eigenvalue weighted by molar-refractivity contribution is 8.00. The number of carbonyl (C=O) groups is 3. The Bertz CT molecular complexity index is 1320. The summed E-state index contributed by atoms with van der Waals surface area (Å²) in [5.74, 6) is -1.04. The number of hydrogen-bond acceptors (Lipinski definition) is 8. The van der Waals surface area contributed by atoms with Crippen LogP contribution in [-0.4, -0.2) is 49.0 Å². The fraction of sp³-hybridized carbons (Fsp3) is 0.440. The zero-order valence-electron chi connectivity index (χ0n) is 20.6. The molecule has 11 heteroatoms. The molecule has 1 saturated carbocycles. The van der Waals surface area contributed by atoms with Crippen LogP contribution in [0, 0.1) is 12.3 Å². The van der Waals surface area contributed by atoms with Gasteiger partial charge < -0.3 is 10.1 Å². The second kappa shape index (κ2) is 10.6. The van der Waals surface area contributed by atoms with Gasteiger partial charge in [-0.05, 0) is 50.8 Å². The van der Waals surface area contributed by atoms with Crippen molar-refractivity contribution in [1.29, 1.82) is 0 Å². The monoisotopic (exact) mass is 529 g/mol. The first-order chi connectivity index (χ1) is 17.1. The number of imidazole rings is 1. The van der Waals surface area contributed by atoms with Crippen molar-refractivity contribution in [2.75, 3.05) is 11.1 Å². The number of anilines is 1. The van der Waals surface area contributed by atoms with Gasteiger partial charge in [0.2, 0.25) is 0 Å². The number of Topliss-reactive ketones (excluding diaryl/α,β-unsaturated/α-hetero) is 1. The molecular formula is C25H28ClN5O4S. The van der Waals surface area contributed by atoms with E-state index in [4.69, 9.17) is 16.3 Å². The van der Waals surface area contributed by atoms with Crippen LogP contribution in [0.25, 0.3) is 11.2 Å². The summed E-state index contributed by atoms with van der Waals surface area (Å²) in [5, 5.41) is 3.65. The van der Waals surface area contributed by atoms with E-state index in [0.29, 0.717) is 39.7 Å². The van der Waals surface area contributed by atoms with E-state index in [9.17, 15) is 14.4 Å². The van der Waals surface area contributed by atoms with Crippen molar-refractivity contribution in [3.63, 3.8) is 0 Å². The smallest absolute Gasteiger partial charge is 0.316 e. The van der Waals surface area contributed by atoms with Gasteiger partial charge in [-0.3, -0.25) is 19.0 Å². The lowest BCUT2D eigenvalue weighted by atomic mass is 9.96. The Hall–Kier alpha value is -2.98. The Morgan fingerprint density at radius 1 is 1.25 bits per heavy atom. The minimum absolute atomic E-state index is 0.0517. The van der Waals surface area contributed by atoms with Gasteiger partial charge in [-0.15, -0.1) is 0 Å². The van der Waals surface area contributed by atoms with Gasteiger partial charge in [0.1, 0.15) is 16.9 Å². The Kier molecular flexibility index (Phi) is 7.65. The molecule has 2 aromatic heterocycles. The number of aromatic nitrogens is 4. The molecule has 0 bridgehead atoms. The minimum Gasteiger partial charge on any atom is -0.462 e. The van der Waals surface area contributed by atoms with E-state index in [1.807, 2.05) is 33.8 Å². The number of nitrogens with zero attached hydrogens (tertiary/aromatic N) is 4. The van der Waals surface area contributed by atoms with E-state index < -0.39 is 17.4 Å². The number of thioether (sulfide) groups is 1.